The molecule has 0 atom stereocenters. The third-order valence-corrected chi connectivity index (χ3v) is 2.94. The molecule has 0 aliphatic rings. The Hall–Kier alpha value is -0.960. The Bertz CT molecular complexity index is 392. The smallest absolute Gasteiger partial charge is 0.274 e. The number of rotatable bonds is 3. The van der Waals surface area contributed by atoms with E-state index in [1.54, 1.807) is 13.0 Å². The summed E-state index contributed by atoms with van der Waals surface area (Å²) >= 11 is 0. The second-order valence-electron chi connectivity index (χ2n) is 5.52. The van der Waals surface area contributed by atoms with Crippen LogP contribution in [0.25, 0.3) is 0 Å². The van der Waals surface area contributed by atoms with Gasteiger partial charge in [0.25, 0.3) is 5.92 Å². The van der Waals surface area contributed by atoms with Crippen LogP contribution in [0.3, 0.4) is 0 Å². The van der Waals surface area contributed by atoms with Crippen LogP contribution in [0.5, 0.6) is 0 Å². The zero-order valence-electron chi connectivity index (χ0n) is 11.0. The fourth-order valence-corrected chi connectivity index (χ4v) is 1.86. The molecule has 0 aromatic heterocycles. The SMILES string of the molecule is Cc1cc(C(C)(C)C)ccc1C(F)(F)CCN. The van der Waals surface area contributed by atoms with Crippen molar-refractivity contribution in [2.45, 2.75) is 45.5 Å². The van der Waals surface area contributed by atoms with Crippen LogP contribution in [0.2, 0.25) is 0 Å². The zero-order chi connectivity index (χ0) is 13.3. The first-order valence-electron chi connectivity index (χ1n) is 5.88. The first-order chi connectivity index (χ1) is 7.68. The third kappa shape index (κ3) is 3.25. The molecule has 96 valence electrons. The molecule has 2 N–H and O–H groups in total. The molecular formula is C14H21F2N. The van der Waals surface area contributed by atoms with Gasteiger partial charge in [-0.1, -0.05) is 39.0 Å². The van der Waals surface area contributed by atoms with E-state index in [1.165, 1.54) is 6.07 Å². The Labute approximate surface area is 102 Å². The highest BCUT2D eigenvalue weighted by molar-refractivity contribution is 5.36. The van der Waals surface area contributed by atoms with Crippen molar-refractivity contribution in [2.24, 2.45) is 5.73 Å². The molecule has 1 rings (SSSR count). The molecule has 0 radical (unpaired) electrons. The summed E-state index contributed by atoms with van der Waals surface area (Å²) in [5, 5.41) is 0. The summed E-state index contributed by atoms with van der Waals surface area (Å²) in [6.45, 7) is 7.93. The summed E-state index contributed by atoms with van der Waals surface area (Å²) in [5.74, 6) is -2.82. The van der Waals surface area contributed by atoms with Gasteiger partial charge in [-0.15, -0.1) is 0 Å². The van der Waals surface area contributed by atoms with E-state index in [9.17, 15) is 8.78 Å². The van der Waals surface area contributed by atoms with Crippen LogP contribution in [-0.2, 0) is 11.3 Å². The summed E-state index contributed by atoms with van der Waals surface area (Å²) in [6, 6.07) is 5.16. The van der Waals surface area contributed by atoms with Crippen molar-refractivity contribution in [2.75, 3.05) is 6.54 Å². The number of alkyl halides is 2. The Kier molecular flexibility index (Phi) is 3.92. The van der Waals surface area contributed by atoms with E-state index in [4.69, 9.17) is 5.73 Å². The van der Waals surface area contributed by atoms with Gasteiger partial charge < -0.3 is 5.73 Å². The van der Waals surface area contributed by atoms with Gasteiger partial charge in [-0.05, 0) is 30.0 Å². The highest BCUT2D eigenvalue weighted by Crippen LogP contribution is 2.35. The van der Waals surface area contributed by atoms with Crippen molar-refractivity contribution in [3.8, 4) is 0 Å². The fraction of sp³-hybridized carbons (Fsp3) is 0.571. The highest BCUT2D eigenvalue weighted by Gasteiger charge is 2.32. The number of halogens is 2. The van der Waals surface area contributed by atoms with E-state index in [1.807, 2.05) is 6.07 Å². The molecule has 1 aromatic rings. The average molecular weight is 241 g/mol. The Morgan fingerprint density at radius 1 is 1.18 bits per heavy atom. The molecular weight excluding hydrogens is 220 g/mol. The van der Waals surface area contributed by atoms with Crippen LogP contribution in [0.15, 0.2) is 18.2 Å². The van der Waals surface area contributed by atoms with Crippen molar-refractivity contribution >= 4 is 0 Å². The molecule has 0 saturated heterocycles. The topological polar surface area (TPSA) is 26.0 Å². The molecule has 0 bridgehead atoms. The summed E-state index contributed by atoms with van der Waals surface area (Å²) in [6.07, 6.45) is -0.303. The molecule has 1 nitrogen and oxygen atoms in total. The normalized spacial score (nSPS) is 12.9. The van der Waals surface area contributed by atoms with Crippen LogP contribution in [0.4, 0.5) is 8.78 Å². The summed E-state index contributed by atoms with van der Waals surface area (Å²) in [4.78, 5) is 0. The second-order valence-corrected chi connectivity index (χ2v) is 5.52. The number of aryl methyl sites for hydroxylation is 1. The second kappa shape index (κ2) is 4.73. The largest absolute Gasteiger partial charge is 0.330 e. The number of hydrogen-bond acceptors (Lipinski definition) is 1. The van der Waals surface area contributed by atoms with E-state index >= 15 is 0 Å². The van der Waals surface area contributed by atoms with Gasteiger partial charge in [-0.2, -0.15) is 0 Å². The summed E-state index contributed by atoms with van der Waals surface area (Å²) in [5.41, 5.74) is 7.00. The summed E-state index contributed by atoms with van der Waals surface area (Å²) < 4.78 is 27.5. The predicted octanol–water partition coefficient (Wildman–Crippen LogP) is 3.73. The van der Waals surface area contributed by atoms with Crippen molar-refractivity contribution < 1.29 is 8.78 Å². The average Bonchev–Trinajstić information content (AvgIpc) is 2.15. The molecule has 0 aliphatic heterocycles. The maximum atomic E-state index is 13.8. The molecule has 0 saturated carbocycles. The highest BCUT2D eigenvalue weighted by atomic mass is 19.3. The molecule has 0 spiro atoms. The number of hydrogen-bond donors (Lipinski definition) is 1. The molecule has 3 heteroatoms. The van der Waals surface area contributed by atoms with Gasteiger partial charge in [-0.25, -0.2) is 8.78 Å². The van der Waals surface area contributed by atoms with Crippen molar-refractivity contribution in [3.05, 3.63) is 34.9 Å². The van der Waals surface area contributed by atoms with Crippen LogP contribution in [0.1, 0.15) is 43.9 Å². The van der Waals surface area contributed by atoms with Gasteiger partial charge in [0, 0.05) is 12.0 Å². The fourth-order valence-electron chi connectivity index (χ4n) is 1.86. The van der Waals surface area contributed by atoms with Gasteiger partial charge in [0.2, 0.25) is 0 Å². The van der Waals surface area contributed by atoms with Gasteiger partial charge in [-0.3, -0.25) is 0 Å². The number of benzene rings is 1. The maximum Gasteiger partial charge on any atom is 0.274 e. The predicted molar refractivity (Wildman–Crippen MR) is 67.4 cm³/mol. The van der Waals surface area contributed by atoms with Crippen molar-refractivity contribution in [1.82, 2.24) is 0 Å². The van der Waals surface area contributed by atoms with Gasteiger partial charge in [0.15, 0.2) is 0 Å². The minimum absolute atomic E-state index is 0.00649. The van der Waals surface area contributed by atoms with E-state index in [2.05, 4.69) is 20.8 Å². The van der Waals surface area contributed by atoms with E-state index in [0.717, 1.165) is 5.56 Å². The lowest BCUT2D eigenvalue weighted by Gasteiger charge is -2.23. The zero-order valence-corrected chi connectivity index (χ0v) is 11.0. The monoisotopic (exact) mass is 241 g/mol. The molecule has 0 aliphatic carbocycles. The lowest BCUT2D eigenvalue weighted by molar-refractivity contribution is -0.0113. The van der Waals surface area contributed by atoms with Crippen LogP contribution >= 0.6 is 0 Å². The maximum absolute atomic E-state index is 13.8. The lowest BCUT2D eigenvalue weighted by atomic mass is 9.84. The quantitative estimate of drug-likeness (QED) is 0.857. The third-order valence-electron chi connectivity index (χ3n) is 2.94. The molecule has 17 heavy (non-hydrogen) atoms. The standard InChI is InChI=1S/C14H21F2N/c1-10-9-11(13(2,3)4)5-6-12(10)14(15,16)7-8-17/h5-6,9H,7-8,17H2,1-4H3. The minimum atomic E-state index is -2.82. The molecule has 0 unspecified atom stereocenters. The molecule has 0 amide bonds. The molecule has 1 aromatic carbocycles. The lowest BCUT2D eigenvalue weighted by Crippen LogP contribution is -2.20. The Morgan fingerprint density at radius 3 is 2.18 bits per heavy atom. The van der Waals surface area contributed by atoms with Gasteiger partial charge in [0.1, 0.15) is 0 Å². The van der Waals surface area contributed by atoms with Crippen molar-refractivity contribution in [3.63, 3.8) is 0 Å². The van der Waals surface area contributed by atoms with Crippen LogP contribution in [0, 0.1) is 6.92 Å². The van der Waals surface area contributed by atoms with E-state index in [-0.39, 0.29) is 23.9 Å². The Morgan fingerprint density at radius 2 is 1.76 bits per heavy atom. The first kappa shape index (κ1) is 14.1. The van der Waals surface area contributed by atoms with Crippen LogP contribution in [-0.4, -0.2) is 6.54 Å². The van der Waals surface area contributed by atoms with Crippen LogP contribution < -0.4 is 5.73 Å². The van der Waals surface area contributed by atoms with E-state index in [0.29, 0.717) is 5.56 Å². The van der Waals surface area contributed by atoms with Gasteiger partial charge in [0.05, 0.1) is 0 Å². The van der Waals surface area contributed by atoms with Gasteiger partial charge >= 0.3 is 0 Å². The first-order valence-corrected chi connectivity index (χ1v) is 5.88. The number of nitrogens with two attached hydrogens (primary N) is 1. The minimum Gasteiger partial charge on any atom is -0.330 e. The summed E-state index contributed by atoms with van der Waals surface area (Å²) in [7, 11) is 0. The molecule has 0 fully saturated rings. The van der Waals surface area contributed by atoms with Crippen molar-refractivity contribution in [1.29, 1.82) is 0 Å². The van der Waals surface area contributed by atoms with E-state index < -0.39 is 5.92 Å². The molecule has 0 heterocycles. The Balaban J connectivity index is 3.14.